The highest BCUT2D eigenvalue weighted by molar-refractivity contribution is 5.88. The Labute approximate surface area is 168 Å². The Morgan fingerprint density at radius 3 is 2.55 bits per heavy atom. The van der Waals surface area contributed by atoms with Crippen LogP contribution in [0.5, 0.6) is 5.75 Å². The maximum Gasteiger partial charge on any atom is 0.256 e. The fraction of sp³-hybridized carbons (Fsp3) is 0.0833. The van der Waals surface area contributed by atoms with Gasteiger partial charge in [0.1, 0.15) is 5.75 Å². The van der Waals surface area contributed by atoms with Crippen LogP contribution in [0.4, 0.5) is 5.95 Å². The van der Waals surface area contributed by atoms with E-state index in [9.17, 15) is 9.90 Å². The van der Waals surface area contributed by atoms with Gasteiger partial charge in [0.2, 0.25) is 5.95 Å². The molecule has 142 valence electrons. The van der Waals surface area contributed by atoms with E-state index in [2.05, 4.69) is 21.2 Å². The molecule has 29 heavy (non-hydrogen) atoms. The summed E-state index contributed by atoms with van der Waals surface area (Å²) in [5.41, 5.74) is 2.27. The van der Waals surface area contributed by atoms with E-state index in [0.29, 0.717) is 22.8 Å². The number of fused-ring (bicyclic) bond motifs is 1. The number of aromatic amines is 1. The maximum atomic E-state index is 13.0. The molecule has 1 aromatic heterocycles. The van der Waals surface area contributed by atoms with E-state index in [1.54, 1.807) is 6.07 Å². The van der Waals surface area contributed by atoms with Crippen molar-refractivity contribution in [3.63, 3.8) is 0 Å². The largest absolute Gasteiger partial charge is 0.508 e. The first-order valence-electron chi connectivity index (χ1n) is 9.23. The van der Waals surface area contributed by atoms with Crippen LogP contribution in [0.3, 0.4) is 0 Å². The lowest BCUT2D eigenvalue weighted by atomic mass is 9.95. The zero-order chi connectivity index (χ0) is 20.2. The number of nitrogens with one attached hydrogen (secondary N) is 2. The van der Waals surface area contributed by atoms with Gasteiger partial charge in [-0.05, 0) is 16.8 Å². The SMILES string of the molecule is C#CCNc1nc(-c2ccccc2)c(Cc2c(O)ccc3ccccc23)c(=O)[nH]1. The van der Waals surface area contributed by atoms with Crippen molar-refractivity contribution < 1.29 is 5.11 Å². The van der Waals surface area contributed by atoms with E-state index in [1.807, 2.05) is 60.7 Å². The van der Waals surface area contributed by atoms with E-state index in [-0.39, 0.29) is 24.3 Å². The van der Waals surface area contributed by atoms with Crippen LogP contribution in [0.2, 0.25) is 0 Å². The van der Waals surface area contributed by atoms with Gasteiger partial charge in [-0.25, -0.2) is 4.98 Å². The molecule has 1 heterocycles. The van der Waals surface area contributed by atoms with Crippen molar-refractivity contribution in [2.24, 2.45) is 0 Å². The Balaban J connectivity index is 1.89. The minimum absolute atomic E-state index is 0.150. The van der Waals surface area contributed by atoms with Crippen molar-refractivity contribution in [1.29, 1.82) is 0 Å². The van der Waals surface area contributed by atoms with Crippen molar-refractivity contribution in [3.05, 3.63) is 88.2 Å². The Morgan fingerprint density at radius 1 is 1.00 bits per heavy atom. The number of nitrogens with zero attached hydrogens (tertiary/aromatic N) is 1. The molecule has 0 aliphatic carbocycles. The molecule has 4 rings (SSSR count). The number of H-pyrrole nitrogens is 1. The van der Waals surface area contributed by atoms with E-state index in [0.717, 1.165) is 16.3 Å². The second kappa shape index (κ2) is 7.91. The Kier molecular flexibility index (Phi) is 5.00. The van der Waals surface area contributed by atoms with Gasteiger partial charge in [0, 0.05) is 23.1 Å². The normalized spacial score (nSPS) is 10.6. The molecule has 0 bridgehead atoms. The highest BCUT2D eigenvalue weighted by atomic mass is 16.3. The summed E-state index contributed by atoms with van der Waals surface area (Å²) in [6, 6.07) is 20.8. The van der Waals surface area contributed by atoms with Crippen molar-refractivity contribution in [1.82, 2.24) is 9.97 Å². The molecule has 0 spiro atoms. The minimum atomic E-state index is -0.272. The number of hydrogen-bond donors (Lipinski definition) is 3. The van der Waals surface area contributed by atoms with E-state index >= 15 is 0 Å². The summed E-state index contributed by atoms with van der Waals surface area (Å²) >= 11 is 0. The second-order valence-electron chi connectivity index (χ2n) is 6.63. The molecule has 0 saturated carbocycles. The van der Waals surface area contributed by atoms with Crippen molar-refractivity contribution in [2.75, 3.05) is 11.9 Å². The Bertz CT molecular complexity index is 1270. The number of aromatic nitrogens is 2. The topological polar surface area (TPSA) is 78.0 Å². The van der Waals surface area contributed by atoms with Crippen molar-refractivity contribution >= 4 is 16.7 Å². The fourth-order valence-electron chi connectivity index (χ4n) is 3.40. The number of aromatic hydroxyl groups is 1. The Morgan fingerprint density at radius 2 is 1.76 bits per heavy atom. The van der Waals surface area contributed by atoms with Gasteiger partial charge < -0.3 is 10.4 Å². The average Bonchev–Trinajstić information content (AvgIpc) is 2.76. The van der Waals surface area contributed by atoms with Crippen molar-refractivity contribution in [2.45, 2.75) is 6.42 Å². The second-order valence-corrected chi connectivity index (χ2v) is 6.63. The highest BCUT2D eigenvalue weighted by Crippen LogP contribution is 2.31. The van der Waals surface area contributed by atoms with Gasteiger partial charge in [-0.1, -0.05) is 66.6 Å². The summed E-state index contributed by atoms with van der Waals surface area (Å²) in [4.78, 5) is 20.3. The molecular weight excluding hydrogens is 362 g/mol. The smallest absolute Gasteiger partial charge is 0.256 e. The molecule has 0 fully saturated rings. The van der Waals surface area contributed by atoms with Crippen LogP contribution in [0, 0.1) is 12.3 Å². The van der Waals surface area contributed by atoms with Crippen LogP contribution in [-0.2, 0) is 6.42 Å². The van der Waals surface area contributed by atoms with Crippen LogP contribution >= 0.6 is 0 Å². The first kappa shape index (κ1) is 18.3. The number of rotatable bonds is 5. The number of benzene rings is 3. The Hall–Kier alpha value is -4.04. The quantitative estimate of drug-likeness (QED) is 0.458. The standard InChI is InChI=1S/C24H19N3O2/c1-2-14-25-24-26-22(17-9-4-3-5-10-17)20(23(29)27-24)15-19-18-11-7-6-8-16(18)12-13-21(19)28/h1,3-13,28H,14-15H2,(H2,25,26,27,29). The lowest BCUT2D eigenvalue weighted by Gasteiger charge is -2.13. The summed E-state index contributed by atoms with van der Waals surface area (Å²) in [5, 5.41) is 15.4. The van der Waals surface area contributed by atoms with E-state index in [4.69, 9.17) is 6.42 Å². The molecule has 0 atom stereocenters. The molecule has 3 N–H and O–H groups in total. The number of phenolic OH excluding ortho intramolecular Hbond substituents is 1. The number of hydrogen-bond acceptors (Lipinski definition) is 4. The van der Waals surface area contributed by atoms with Crippen LogP contribution < -0.4 is 10.9 Å². The van der Waals surface area contributed by atoms with Gasteiger partial charge in [-0.2, -0.15) is 0 Å². The van der Waals surface area contributed by atoms with Gasteiger partial charge in [-0.15, -0.1) is 6.42 Å². The van der Waals surface area contributed by atoms with Crippen LogP contribution in [0.25, 0.3) is 22.0 Å². The van der Waals surface area contributed by atoms with Gasteiger partial charge in [0.05, 0.1) is 12.2 Å². The minimum Gasteiger partial charge on any atom is -0.508 e. The molecular formula is C24H19N3O2. The fourth-order valence-corrected chi connectivity index (χ4v) is 3.40. The first-order chi connectivity index (χ1) is 14.2. The molecule has 5 heteroatoms. The lowest BCUT2D eigenvalue weighted by molar-refractivity contribution is 0.470. The monoisotopic (exact) mass is 381 g/mol. The third kappa shape index (κ3) is 3.69. The molecule has 3 aromatic carbocycles. The zero-order valence-corrected chi connectivity index (χ0v) is 15.6. The third-order valence-corrected chi connectivity index (χ3v) is 4.79. The summed E-state index contributed by atoms with van der Waals surface area (Å²) in [7, 11) is 0. The summed E-state index contributed by atoms with van der Waals surface area (Å²) in [5.74, 6) is 2.94. The molecule has 0 aliphatic heterocycles. The lowest BCUT2D eigenvalue weighted by Crippen LogP contribution is -2.19. The molecule has 0 unspecified atom stereocenters. The predicted molar refractivity (Wildman–Crippen MR) is 116 cm³/mol. The van der Waals surface area contributed by atoms with Crippen LogP contribution in [0.1, 0.15) is 11.1 Å². The van der Waals surface area contributed by atoms with Crippen molar-refractivity contribution in [3.8, 4) is 29.4 Å². The predicted octanol–water partition coefficient (Wildman–Crippen LogP) is 3.93. The molecule has 0 radical (unpaired) electrons. The first-order valence-corrected chi connectivity index (χ1v) is 9.23. The molecule has 5 nitrogen and oxygen atoms in total. The van der Waals surface area contributed by atoms with Gasteiger partial charge >= 0.3 is 0 Å². The average molecular weight is 381 g/mol. The highest BCUT2D eigenvalue weighted by Gasteiger charge is 2.17. The number of phenols is 1. The van der Waals surface area contributed by atoms with Gasteiger partial charge in [0.15, 0.2) is 0 Å². The zero-order valence-electron chi connectivity index (χ0n) is 15.6. The molecule has 4 aromatic rings. The van der Waals surface area contributed by atoms with E-state index < -0.39 is 0 Å². The van der Waals surface area contributed by atoms with Crippen LogP contribution in [0.15, 0.2) is 71.5 Å². The maximum absolute atomic E-state index is 13.0. The van der Waals surface area contributed by atoms with Gasteiger partial charge in [-0.3, -0.25) is 9.78 Å². The summed E-state index contributed by atoms with van der Waals surface area (Å²) < 4.78 is 0. The third-order valence-electron chi connectivity index (χ3n) is 4.79. The number of terminal acetylenes is 1. The molecule has 0 amide bonds. The number of anilines is 1. The van der Waals surface area contributed by atoms with E-state index in [1.165, 1.54) is 0 Å². The molecule has 0 aliphatic rings. The van der Waals surface area contributed by atoms with Gasteiger partial charge in [0.25, 0.3) is 5.56 Å². The molecule has 0 saturated heterocycles. The summed E-state index contributed by atoms with van der Waals surface area (Å²) in [6.45, 7) is 0.251. The summed E-state index contributed by atoms with van der Waals surface area (Å²) in [6.07, 6.45) is 5.55. The van der Waals surface area contributed by atoms with Crippen LogP contribution in [-0.4, -0.2) is 21.6 Å².